The van der Waals surface area contributed by atoms with Gasteiger partial charge in [-0.05, 0) is 41.3 Å². The van der Waals surface area contributed by atoms with Gasteiger partial charge in [-0.2, -0.15) is 0 Å². The summed E-state index contributed by atoms with van der Waals surface area (Å²) >= 11 is 3.51. The number of benzene rings is 2. The molecule has 1 aliphatic rings. The van der Waals surface area contributed by atoms with Gasteiger partial charge in [0.1, 0.15) is 0 Å². The largest absolute Gasteiger partial charge is 0.318 e. The first-order chi connectivity index (χ1) is 7.60. The van der Waals surface area contributed by atoms with Crippen LogP contribution in [0.1, 0.15) is 18.1 Å². The van der Waals surface area contributed by atoms with Gasteiger partial charge in [-0.25, -0.2) is 0 Å². The van der Waals surface area contributed by atoms with Crippen LogP contribution in [0.2, 0.25) is 0 Å². The van der Waals surface area contributed by atoms with Gasteiger partial charge in [0.05, 0.1) is 5.54 Å². The summed E-state index contributed by atoms with van der Waals surface area (Å²) in [7, 11) is 0. The lowest BCUT2D eigenvalue weighted by Gasteiger charge is -2.21. The van der Waals surface area contributed by atoms with Crippen LogP contribution in [0.25, 0.3) is 11.1 Å². The number of hydrogen-bond acceptors (Lipinski definition) is 1. The molecule has 0 aromatic heterocycles. The molecule has 2 aromatic carbocycles. The van der Waals surface area contributed by atoms with Gasteiger partial charge in [-0.1, -0.05) is 46.3 Å². The van der Waals surface area contributed by atoms with E-state index in [0.717, 1.165) is 4.47 Å². The van der Waals surface area contributed by atoms with Gasteiger partial charge in [-0.3, -0.25) is 0 Å². The van der Waals surface area contributed by atoms with E-state index in [4.69, 9.17) is 5.73 Å². The molecular formula is C14H12BrN. The average Bonchev–Trinajstić information content (AvgIpc) is 2.49. The van der Waals surface area contributed by atoms with Crippen LogP contribution in [0.4, 0.5) is 0 Å². The van der Waals surface area contributed by atoms with Crippen LogP contribution in [0.15, 0.2) is 46.9 Å². The number of rotatable bonds is 0. The smallest absolute Gasteiger partial charge is 0.0649 e. The fraction of sp³-hybridized carbons (Fsp3) is 0.143. The lowest BCUT2D eigenvalue weighted by atomic mass is 9.91. The Kier molecular flexibility index (Phi) is 2.00. The van der Waals surface area contributed by atoms with Gasteiger partial charge in [0.15, 0.2) is 0 Å². The molecule has 0 aliphatic heterocycles. The van der Waals surface area contributed by atoms with E-state index < -0.39 is 0 Å². The SMILES string of the molecule is CC1(N)c2ccccc2-c2ccc(Br)cc21. The van der Waals surface area contributed by atoms with Crippen molar-refractivity contribution < 1.29 is 0 Å². The Morgan fingerprint density at radius 3 is 2.50 bits per heavy atom. The average molecular weight is 274 g/mol. The van der Waals surface area contributed by atoms with Crippen LogP contribution >= 0.6 is 15.9 Å². The third kappa shape index (κ3) is 1.20. The third-order valence-electron chi connectivity index (χ3n) is 3.32. The zero-order valence-corrected chi connectivity index (χ0v) is 10.6. The molecule has 0 heterocycles. The van der Waals surface area contributed by atoms with Crippen molar-refractivity contribution >= 4 is 15.9 Å². The normalized spacial score (nSPS) is 21.7. The Balaban J connectivity index is 2.39. The van der Waals surface area contributed by atoms with E-state index in [1.807, 2.05) is 6.07 Å². The van der Waals surface area contributed by atoms with E-state index in [-0.39, 0.29) is 5.54 Å². The lowest BCUT2D eigenvalue weighted by Crippen LogP contribution is -2.31. The molecule has 80 valence electrons. The van der Waals surface area contributed by atoms with Crippen molar-refractivity contribution in [2.45, 2.75) is 12.5 Å². The molecule has 2 aromatic rings. The third-order valence-corrected chi connectivity index (χ3v) is 3.81. The minimum absolute atomic E-state index is 0.379. The molecule has 1 atom stereocenters. The summed E-state index contributed by atoms with van der Waals surface area (Å²) in [5.41, 5.74) is 11.0. The molecule has 0 saturated carbocycles. The molecule has 0 fully saturated rings. The molecule has 16 heavy (non-hydrogen) atoms. The predicted molar refractivity (Wildman–Crippen MR) is 70.2 cm³/mol. The van der Waals surface area contributed by atoms with E-state index in [9.17, 15) is 0 Å². The van der Waals surface area contributed by atoms with E-state index in [1.54, 1.807) is 0 Å². The van der Waals surface area contributed by atoms with E-state index in [1.165, 1.54) is 22.3 Å². The van der Waals surface area contributed by atoms with Gasteiger partial charge in [0.2, 0.25) is 0 Å². The highest BCUT2D eigenvalue weighted by molar-refractivity contribution is 9.10. The number of fused-ring (bicyclic) bond motifs is 3. The second-order valence-corrected chi connectivity index (χ2v) is 5.35. The summed E-state index contributed by atoms with van der Waals surface area (Å²) in [6.45, 7) is 2.07. The Morgan fingerprint density at radius 1 is 1.00 bits per heavy atom. The van der Waals surface area contributed by atoms with Gasteiger partial charge in [0, 0.05) is 4.47 Å². The monoisotopic (exact) mass is 273 g/mol. The van der Waals surface area contributed by atoms with Crippen molar-refractivity contribution in [1.29, 1.82) is 0 Å². The van der Waals surface area contributed by atoms with Gasteiger partial charge in [-0.15, -0.1) is 0 Å². The molecule has 0 spiro atoms. The first-order valence-electron chi connectivity index (χ1n) is 5.29. The highest BCUT2D eigenvalue weighted by atomic mass is 79.9. The zero-order valence-electron chi connectivity index (χ0n) is 9.00. The quantitative estimate of drug-likeness (QED) is 0.779. The van der Waals surface area contributed by atoms with Crippen molar-refractivity contribution in [3.63, 3.8) is 0 Å². The van der Waals surface area contributed by atoms with Gasteiger partial charge in [0.25, 0.3) is 0 Å². The Labute approximate surface area is 103 Å². The summed E-state index contributed by atoms with van der Waals surface area (Å²) < 4.78 is 1.08. The molecule has 3 rings (SSSR count). The van der Waals surface area contributed by atoms with Crippen molar-refractivity contribution in [3.8, 4) is 11.1 Å². The second kappa shape index (κ2) is 3.19. The maximum Gasteiger partial charge on any atom is 0.0649 e. The molecular weight excluding hydrogens is 262 g/mol. The molecule has 0 bridgehead atoms. The fourth-order valence-electron chi connectivity index (χ4n) is 2.50. The topological polar surface area (TPSA) is 26.0 Å². The van der Waals surface area contributed by atoms with Crippen LogP contribution in [-0.4, -0.2) is 0 Å². The van der Waals surface area contributed by atoms with Crippen molar-refractivity contribution in [2.75, 3.05) is 0 Å². The fourth-order valence-corrected chi connectivity index (χ4v) is 2.86. The predicted octanol–water partition coefficient (Wildman–Crippen LogP) is 3.65. The molecule has 0 amide bonds. The van der Waals surface area contributed by atoms with E-state index >= 15 is 0 Å². The highest BCUT2D eigenvalue weighted by Gasteiger charge is 2.35. The summed E-state index contributed by atoms with van der Waals surface area (Å²) in [5.74, 6) is 0. The summed E-state index contributed by atoms with van der Waals surface area (Å²) in [6, 6.07) is 14.7. The molecule has 2 heteroatoms. The Bertz CT molecular complexity index is 573. The number of halogens is 1. The standard InChI is InChI=1S/C14H12BrN/c1-14(16)12-5-3-2-4-10(12)11-7-6-9(15)8-13(11)14/h2-8H,16H2,1H3. The Morgan fingerprint density at radius 2 is 1.69 bits per heavy atom. The van der Waals surface area contributed by atoms with Crippen LogP contribution in [0.5, 0.6) is 0 Å². The van der Waals surface area contributed by atoms with Crippen molar-refractivity contribution in [2.24, 2.45) is 5.73 Å². The number of hydrogen-bond donors (Lipinski definition) is 1. The molecule has 2 N–H and O–H groups in total. The minimum Gasteiger partial charge on any atom is -0.318 e. The molecule has 1 unspecified atom stereocenters. The molecule has 1 nitrogen and oxygen atoms in total. The van der Waals surface area contributed by atoms with Crippen molar-refractivity contribution in [1.82, 2.24) is 0 Å². The van der Waals surface area contributed by atoms with Crippen LogP contribution in [0, 0.1) is 0 Å². The van der Waals surface area contributed by atoms with Crippen LogP contribution in [-0.2, 0) is 5.54 Å². The summed E-state index contributed by atoms with van der Waals surface area (Å²) in [4.78, 5) is 0. The highest BCUT2D eigenvalue weighted by Crippen LogP contribution is 2.46. The zero-order chi connectivity index (χ0) is 11.3. The second-order valence-electron chi connectivity index (χ2n) is 4.44. The van der Waals surface area contributed by atoms with Crippen molar-refractivity contribution in [3.05, 3.63) is 58.1 Å². The maximum absolute atomic E-state index is 6.45. The maximum atomic E-state index is 6.45. The van der Waals surface area contributed by atoms with Crippen LogP contribution in [0.3, 0.4) is 0 Å². The lowest BCUT2D eigenvalue weighted by molar-refractivity contribution is 0.620. The first-order valence-corrected chi connectivity index (χ1v) is 6.09. The number of nitrogens with two attached hydrogens (primary N) is 1. The molecule has 0 radical (unpaired) electrons. The van der Waals surface area contributed by atoms with Gasteiger partial charge >= 0.3 is 0 Å². The van der Waals surface area contributed by atoms with E-state index in [2.05, 4.69) is 59.3 Å². The first kappa shape index (κ1) is 10.1. The van der Waals surface area contributed by atoms with Crippen LogP contribution < -0.4 is 5.73 Å². The molecule has 0 saturated heterocycles. The van der Waals surface area contributed by atoms with E-state index in [0.29, 0.717) is 0 Å². The van der Waals surface area contributed by atoms with Gasteiger partial charge < -0.3 is 5.73 Å². The molecule has 1 aliphatic carbocycles. The summed E-state index contributed by atoms with van der Waals surface area (Å²) in [6.07, 6.45) is 0. The minimum atomic E-state index is -0.379. The summed E-state index contributed by atoms with van der Waals surface area (Å²) in [5, 5.41) is 0. The Hall–Kier alpha value is -1.12.